The Morgan fingerprint density at radius 1 is 1.29 bits per heavy atom. The van der Waals surface area contributed by atoms with Crippen molar-refractivity contribution in [2.45, 2.75) is 18.9 Å². The number of nitrogens with two attached hydrogens (primary N) is 1. The molecule has 2 N–H and O–H groups in total. The van der Waals surface area contributed by atoms with Gasteiger partial charge in [-0.2, -0.15) is 5.10 Å². The van der Waals surface area contributed by atoms with Crippen molar-refractivity contribution in [1.82, 2.24) is 19.5 Å². The van der Waals surface area contributed by atoms with Gasteiger partial charge in [-0.1, -0.05) is 6.07 Å². The van der Waals surface area contributed by atoms with Crippen molar-refractivity contribution >= 4 is 35.3 Å². The molecule has 0 saturated carbocycles. The largest absolute Gasteiger partial charge is 0.338 e. The molecule has 6 nitrogen and oxygen atoms in total. The van der Waals surface area contributed by atoms with Crippen LogP contribution in [0.4, 0.5) is 0 Å². The molecule has 0 spiro atoms. The number of amides is 1. The molecule has 0 atom stereocenters. The zero-order chi connectivity index (χ0) is 15.8. The lowest BCUT2D eigenvalue weighted by Crippen LogP contribution is -2.42. The number of fused-ring (bicyclic) bond motifs is 1. The molecule has 0 unspecified atom stereocenters. The number of aromatic nitrogens is 3. The van der Waals surface area contributed by atoms with Gasteiger partial charge in [-0.3, -0.25) is 4.79 Å². The van der Waals surface area contributed by atoms with Crippen LogP contribution < -0.4 is 5.73 Å². The summed E-state index contributed by atoms with van der Waals surface area (Å²) in [7, 11) is 0. The van der Waals surface area contributed by atoms with Crippen LogP contribution in [0.25, 0.3) is 16.2 Å². The number of thiophene rings is 1. The summed E-state index contributed by atoms with van der Waals surface area (Å²) in [5, 5.41) is 6.42. The third-order valence-corrected chi connectivity index (χ3v) is 5.12. The maximum atomic E-state index is 12.8. The molecular formula is C16H18ClN5OS. The highest BCUT2D eigenvalue weighted by Crippen LogP contribution is 2.25. The third kappa shape index (κ3) is 2.90. The van der Waals surface area contributed by atoms with Crippen LogP contribution in [-0.4, -0.2) is 44.5 Å². The van der Waals surface area contributed by atoms with E-state index in [2.05, 4.69) is 10.1 Å². The molecule has 126 valence electrons. The highest BCUT2D eigenvalue weighted by molar-refractivity contribution is 7.13. The van der Waals surface area contributed by atoms with Crippen LogP contribution in [0.5, 0.6) is 0 Å². The van der Waals surface area contributed by atoms with Crippen molar-refractivity contribution in [3.8, 4) is 10.6 Å². The van der Waals surface area contributed by atoms with Crippen molar-refractivity contribution in [2.75, 3.05) is 13.1 Å². The lowest BCUT2D eigenvalue weighted by Gasteiger charge is -2.29. The van der Waals surface area contributed by atoms with Crippen LogP contribution >= 0.6 is 23.7 Å². The topological polar surface area (TPSA) is 76.5 Å². The number of hydrogen-bond acceptors (Lipinski definition) is 5. The van der Waals surface area contributed by atoms with Gasteiger partial charge in [0.15, 0.2) is 5.65 Å². The number of likely N-dealkylation sites (tertiary alicyclic amines) is 1. The number of nitrogens with zero attached hydrogens (tertiary/aromatic N) is 4. The van der Waals surface area contributed by atoms with E-state index in [1.807, 2.05) is 28.5 Å². The summed E-state index contributed by atoms with van der Waals surface area (Å²) in [5.41, 5.74) is 8.03. The van der Waals surface area contributed by atoms with E-state index in [-0.39, 0.29) is 24.4 Å². The molecule has 1 fully saturated rings. The lowest BCUT2D eigenvalue weighted by molar-refractivity contribution is 0.0716. The van der Waals surface area contributed by atoms with Gasteiger partial charge in [-0.15, -0.1) is 23.7 Å². The Morgan fingerprint density at radius 3 is 2.79 bits per heavy atom. The van der Waals surface area contributed by atoms with E-state index >= 15 is 0 Å². The number of carbonyl (C=O) groups is 1. The SMILES string of the molecule is Cl.NC1CCN(C(=O)c2cnn3c(-c4cccs4)ccnc23)CC1. The summed E-state index contributed by atoms with van der Waals surface area (Å²) >= 11 is 1.64. The van der Waals surface area contributed by atoms with Gasteiger partial charge in [0.2, 0.25) is 0 Å². The molecule has 3 aromatic heterocycles. The molecular weight excluding hydrogens is 346 g/mol. The van der Waals surface area contributed by atoms with Crippen LogP contribution in [-0.2, 0) is 0 Å². The zero-order valence-electron chi connectivity index (χ0n) is 13.0. The fourth-order valence-electron chi connectivity index (χ4n) is 2.93. The Kier molecular flexibility index (Phi) is 4.84. The number of carbonyl (C=O) groups excluding carboxylic acids is 1. The van der Waals surface area contributed by atoms with Crippen LogP contribution in [0.3, 0.4) is 0 Å². The number of halogens is 1. The van der Waals surface area contributed by atoms with Crippen molar-refractivity contribution < 1.29 is 4.79 Å². The first-order valence-electron chi connectivity index (χ1n) is 7.65. The maximum Gasteiger partial charge on any atom is 0.259 e. The number of hydrogen-bond donors (Lipinski definition) is 1. The average Bonchev–Trinajstić information content (AvgIpc) is 3.24. The van der Waals surface area contributed by atoms with E-state index in [0.29, 0.717) is 24.3 Å². The minimum Gasteiger partial charge on any atom is -0.338 e. The number of rotatable bonds is 2. The minimum absolute atomic E-state index is 0. The molecule has 0 bridgehead atoms. The first kappa shape index (κ1) is 16.9. The summed E-state index contributed by atoms with van der Waals surface area (Å²) in [6, 6.07) is 6.15. The molecule has 3 aromatic rings. The Morgan fingerprint density at radius 2 is 2.08 bits per heavy atom. The lowest BCUT2D eigenvalue weighted by atomic mass is 10.1. The van der Waals surface area contributed by atoms with E-state index in [9.17, 15) is 4.79 Å². The predicted molar refractivity (Wildman–Crippen MR) is 96.7 cm³/mol. The summed E-state index contributed by atoms with van der Waals surface area (Å²) in [6.07, 6.45) is 5.04. The molecule has 4 heterocycles. The quantitative estimate of drug-likeness (QED) is 0.758. The van der Waals surface area contributed by atoms with Crippen LogP contribution in [0, 0.1) is 0 Å². The Bertz CT molecular complexity index is 839. The highest BCUT2D eigenvalue weighted by atomic mass is 35.5. The maximum absolute atomic E-state index is 12.8. The van der Waals surface area contributed by atoms with Crippen molar-refractivity contribution in [1.29, 1.82) is 0 Å². The van der Waals surface area contributed by atoms with E-state index in [1.54, 1.807) is 28.2 Å². The molecule has 1 saturated heterocycles. The van der Waals surface area contributed by atoms with Gasteiger partial charge in [0, 0.05) is 25.3 Å². The molecule has 0 aliphatic carbocycles. The van der Waals surface area contributed by atoms with Gasteiger partial charge in [0.05, 0.1) is 16.8 Å². The molecule has 1 aliphatic heterocycles. The van der Waals surface area contributed by atoms with Crippen molar-refractivity contribution in [2.24, 2.45) is 5.73 Å². The van der Waals surface area contributed by atoms with Crippen LogP contribution in [0.15, 0.2) is 36.0 Å². The standard InChI is InChI=1S/C16H17N5OS.ClH/c17-11-4-7-20(8-5-11)16(22)12-10-19-21-13(3-6-18-15(12)21)14-2-1-9-23-14;/h1-3,6,9-11H,4-5,7-8,17H2;1H. The highest BCUT2D eigenvalue weighted by Gasteiger charge is 2.25. The summed E-state index contributed by atoms with van der Waals surface area (Å²) in [4.78, 5) is 20.1. The summed E-state index contributed by atoms with van der Waals surface area (Å²) in [6.45, 7) is 1.39. The minimum atomic E-state index is -0.0114. The van der Waals surface area contributed by atoms with E-state index in [1.165, 1.54) is 0 Å². The summed E-state index contributed by atoms with van der Waals surface area (Å²) < 4.78 is 1.74. The van der Waals surface area contributed by atoms with Crippen LogP contribution in [0.1, 0.15) is 23.2 Å². The average molecular weight is 364 g/mol. The summed E-state index contributed by atoms with van der Waals surface area (Å²) in [5.74, 6) is -0.0114. The van der Waals surface area contributed by atoms with Crippen molar-refractivity contribution in [3.05, 3.63) is 41.5 Å². The molecule has 0 radical (unpaired) electrons. The molecule has 24 heavy (non-hydrogen) atoms. The third-order valence-electron chi connectivity index (χ3n) is 4.23. The molecule has 1 amide bonds. The fraction of sp³-hybridized carbons (Fsp3) is 0.312. The molecule has 8 heteroatoms. The van der Waals surface area contributed by atoms with Gasteiger partial charge in [-0.25, -0.2) is 9.50 Å². The second-order valence-electron chi connectivity index (χ2n) is 5.73. The van der Waals surface area contributed by atoms with Gasteiger partial charge < -0.3 is 10.6 Å². The molecule has 0 aromatic carbocycles. The van der Waals surface area contributed by atoms with E-state index in [0.717, 1.165) is 23.4 Å². The fourth-order valence-corrected chi connectivity index (χ4v) is 3.66. The normalized spacial score (nSPS) is 15.5. The second kappa shape index (κ2) is 6.88. The predicted octanol–water partition coefficient (Wildman–Crippen LogP) is 2.44. The Labute approximate surface area is 149 Å². The zero-order valence-corrected chi connectivity index (χ0v) is 14.6. The molecule has 4 rings (SSSR count). The van der Waals surface area contributed by atoms with Gasteiger partial charge >= 0.3 is 0 Å². The van der Waals surface area contributed by atoms with Gasteiger partial charge in [0.25, 0.3) is 5.91 Å². The monoisotopic (exact) mass is 363 g/mol. The second-order valence-corrected chi connectivity index (χ2v) is 6.68. The van der Waals surface area contributed by atoms with Crippen LogP contribution in [0.2, 0.25) is 0 Å². The first-order valence-corrected chi connectivity index (χ1v) is 8.53. The van der Waals surface area contributed by atoms with Crippen molar-refractivity contribution in [3.63, 3.8) is 0 Å². The Balaban J connectivity index is 0.00000169. The van der Waals surface area contributed by atoms with E-state index < -0.39 is 0 Å². The number of piperidine rings is 1. The molecule has 1 aliphatic rings. The Hall–Kier alpha value is -1.96. The van der Waals surface area contributed by atoms with Gasteiger partial charge in [-0.05, 0) is 30.4 Å². The first-order chi connectivity index (χ1) is 11.2. The van der Waals surface area contributed by atoms with E-state index in [4.69, 9.17) is 5.73 Å². The smallest absolute Gasteiger partial charge is 0.259 e. The van der Waals surface area contributed by atoms with Gasteiger partial charge in [0.1, 0.15) is 5.56 Å².